The zero-order chi connectivity index (χ0) is 26.1. The summed E-state index contributed by atoms with van der Waals surface area (Å²) in [4.78, 5) is 19.6. The molecular formula is C28H29ClN6OS. The summed E-state index contributed by atoms with van der Waals surface area (Å²) < 4.78 is 2.05. The number of aryl methyl sites for hydroxylation is 3. The molecule has 2 aromatic carbocycles. The van der Waals surface area contributed by atoms with Crippen molar-refractivity contribution in [3.05, 3.63) is 92.3 Å². The molecule has 2 aromatic heterocycles. The maximum Gasteiger partial charge on any atom is 0.227 e. The van der Waals surface area contributed by atoms with E-state index in [1.165, 1.54) is 10.4 Å². The first-order valence-corrected chi connectivity index (χ1v) is 13.5. The number of fused-ring (bicyclic) bond motifs is 3. The number of aromatic nitrogens is 3. The largest absolute Gasteiger partial charge is 0.330 e. The van der Waals surface area contributed by atoms with Gasteiger partial charge in [0.25, 0.3) is 0 Å². The van der Waals surface area contributed by atoms with E-state index in [0.29, 0.717) is 17.4 Å². The number of hydrogen-bond donors (Lipinski definition) is 2. The van der Waals surface area contributed by atoms with Gasteiger partial charge < -0.3 is 11.1 Å². The number of nitrogens with one attached hydrogen (secondary N) is 1. The van der Waals surface area contributed by atoms with Crippen LogP contribution in [-0.4, -0.2) is 32.9 Å². The molecule has 1 aliphatic rings. The van der Waals surface area contributed by atoms with Crippen molar-refractivity contribution in [3.63, 3.8) is 0 Å². The molecule has 7 nitrogen and oxygen atoms in total. The number of carbonyl (C=O) groups excluding carboxylic acids is 1. The van der Waals surface area contributed by atoms with Crippen molar-refractivity contribution in [3.8, 4) is 5.00 Å². The van der Waals surface area contributed by atoms with Gasteiger partial charge in [-0.25, -0.2) is 0 Å². The van der Waals surface area contributed by atoms with E-state index in [0.717, 1.165) is 51.8 Å². The van der Waals surface area contributed by atoms with Gasteiger partial charge in [-0.3, -0.25) is 14.4 Å². The van der Waals surface area contributed by atoms with Crippen LogP contribution in [0.4, 0.5) is 5.69 Å². The summed E-state index contributed by atoms with van der Waals surface area (Å²) in [5.74, 6) is 1.30. The fraction of sp³-hybridized carbons (Fsp3) is 0.286. The second kappa shape index (κ2) is 10.6. The quantitative estimate of drug-likeness (QED) is 0.318. The van der Waals surface area contributed by atoms with Crippen LogP contribution in [0.3, 0.4) is 0 Å². The van der Waals surface area contributed by atoms with E-state index < -0.39 is 6.04 Å². The third-order valence-corrected chi connectivity index (χ3v) is 8.09. The van der Waals surface area contributed by atoms with Gasteiger partial charge in [0.15, 0.2) is 5.82 Å². The summed E-state index contributed by atoms with van der Waals surface area (Å²) in [7, 11) is 0. The van der Waals surface area contributed by atoms with Crippen LogP contribution in [0, 0.1) is 20.8 Å². The molecule has 0 fully saturated rings. The molecule has 0 bridgehead atoms. The van der Waals surface area contributed by atoms with Gasteiger partial charge in [-0.1, -0.05) is 35.9 Å². The minimum atomic E-state index is -0.505. The van der Waals surface area contributed by atoms with E-state index in [1.54, 1.807) is 11.3 Å². The Kier molecular flexibility index (Phi) is 7.24. The average Bonchev–Trinajstić information content (AvgIpc) is 3.36. The summed E-state index contributed by atoms with van der Waals surface area (Å²) in [6.45, 7) is 6.81. The zero-order valence-corrected chi connectivity index (χ0v) is 22.7. The topological polar surface area (TPSA) is 98.2 Å². The Balaban J connectivity index is 1.51. The number of aliphatic imine (C=N–C) groups is 1. The average molecular weight is 533 g/mol. The number of thiophene rings is 1. The molecule has 0 unspecified atom stereocenters. The lowest BCUT2D eigenvalue weighted by molar-refractivity contribution is -0.116. The second-order valence-corrected chi connectivity index (χ2v) is 10.9. The van der Waals surface area contributed by atoms with E-state index in [4.69, 9.17) is 22.3 Å². The van der Waals surface area contributed by atoms with Crippen LogP contribution in [0.5, 0.6) is 0 Å². The molecule has 190 valence electrons. The van der Waals surface area contributed by atoms with Crippen LogP contribution < -0.4 is 11.1 Å². The summed E-state index contributed by atoms with van der Waals surface area (Å²) in [5, 5.41) is 13.5. The van der Waals surface area contributed by atoms with Crippen LogP contribution in [0.15, 0.2) is 53.5 Å². The minimum absolute atomic E-state index is 0.135. The molecule has 0 saturated carbocycles. The normalized spacial score (nSPS) is 14.5. The summed E-state index contributed by atoms with van der Waals surface area (Å²) in [6.07, 6.45) is 2.00. The lowest BCUT2D eigenvalue weighted by Crippen LogP contribution is -2.17. The van der Waals surface area contributed by atoms with Gasteiger partial charge in [0.05, 0.1) is 12.1 Å². The van der Waals surface area contributed by atoms with Crippen LogP contribution >= 0.6 is 22.9 Å². The van der Waals surface area contributed by atoms with Crippen LogP contribution in [0.25, 0.3) is 5.00 Å². The highest BCUT2D eigenvalue weighted by atomic mass is 35.5. The first kappa shape index (κ1) is 25.3. The molecular weight excluding hydrogens is 504 g/mol. The molecule has 1 atom stereocenters. The Morgan fingerprint density at radius 3 is 2.51 bits per heavy atom. The molecule has 4 aromatic rings. The van der Waals surface area contributed by atoms with Gasteiger partial charge in [0.2, 0.25) is 5.91 Å². The Morgan fingerprint density at radius 1 is 1.08 bits per heavy atom. The molecule has 9 heteroatoms. The van der Waals surface area contributed by atoms with Gasteiger partial charge in [-0.2, -0.15) is 0 Å². The zero-order valence-electron chi connectivity index (χ0n) is 21.1. The van der Waals surface area contributed by atoms with Crippen molar-refractivity contribution in [1.29, 1.82) is 0 Å². The van der Waals surface area contributed by atoms with Crippen molar-refractivity contribution >= 4 is 40.2 Å². The molecule has 0 aliphatic carbocycles. The van der Waals surface area contributed by atoms with E-state index in [-0.39, 0.29) is 12.3 Å². The molecule has 5 rings (SSSR count). The van der Waals surface area contributed by atoms with Gasteiger partial charge in [0, 0.05) is 26.7 Å². The van der Waals surface area contributed by atoms with Crippen molar-refractivity contribution < 1.29 is 4.79 Å². The van der Waals surface area contributed by atoms with Crippen molar-refractivity contribution in [2.24, 2.45) is 10.7 Å². The van der Waals surface area contributed by atoms with E-state index in [2.05, 4.69) is 33.9 Å². The minimum Gasteiger partial charge on any atom is -0.330 e. The van der Waals surface area contributed by atoms with Crippen molar-refractivity contribution in [2.75, 3.05) is 11.9 Å². The molecule has 0 spiro atoms. The maximum absolute atomic E-state index is 13.2. The van der Waals surface area contributed by atoms with Gasteiger partial charge in [-0.05, 0) is 75.5 Å². The monoisotopic (exact) mass is 532 g/mol. The summed E-state index contributed by atoms with van der Waals surface area (Å²) >= 11 is 7.88. The lowest BCUT2D eigenvalue weighted by Gasteiger charge is -2.13. The number of benzene rings is 2. The highest BCUT2D eigenvalue weighted by Crippen LogP contribution is 2.39. The number of rotatable bonds is 7. The van der Waals surface area contributed by atoms with Gasteiger partial charge in [0.1, 0.15) is 16.9 Å². The molecule has 1 aliphatic heterocycles. The number of carbonyl (C=O) groups is 1. The number of halogens is 1. The Morgan fingerprint density at radius 2 is 1.81 bits per heavy atom. The number of nitrogens with two attached hydrogens (primary N) is 1. The first-order chi connectivity index (χ1) is 17.9. The van der Waals surface area contributed by atoms with Crippen molar-refractivity contribution in [1.82, 2.24) is 14.8 Å². The fourth-order valence-electron chi connectivity index (χ4n) is 4.58. The van der Waals surface area contributed by atoms with Gasteiger partial charge in [-0.15, -0.1) is 21.5 Å². The van der Waals surface area contributed by atoms with Crippen LogP contribution in [0.2, 0.25) is 5.02 Å². The predicted molar refractivity (Wildman–Crippen MR) is 150 cm³/mol. The molecule has 0 radical (unpaired) electrons. The van der Waals surface area contributed by atoms with Gasteiger partial charge >= 0.3 is 0 Å². The first-order valence-electron chi connectivity index (χ1n) is 12.3. The van der Waals surface area contributed by atoms with E-state index in [9.17, 15) is 4.79 Å². The molecule has 1 amide bonds. The second-order valence-electron chi connectivity index (χ2n) is 9.25. The predicted octanol–water partition coefficient (Wildman–Crippen LogP) is 5.72. The van der Waals surface area contributed by atoms with E-state index in [1.807, 2.05) is 55.5 Å². The van der Waals surface area contributed by atoms with Crippen LogP contribution in [0.1, 0.15) is 57.7 Å². The lowest BCUT2D eigenvalue weighted by atomic mass is 9.99. The number of nitrogens with zero attached hydrogens (tertiary/aromatic N) is 4. The summed E-state index contributed by atoms with van der Waals surface area (Å²) in [6, 6.07) is 15.1. The maximum atomic E-state index is 13.2. The SMILES string of the molecule is Cc1sc2c(c1C)C(c1ccc(Cl)cc1)=N[C@@H](CC(=O)Nc1ccc(CCCN)cc1)c1nnc(C)n1-2. The highest BCUT2D eigenvalue weighted by Gasteiger charge is 2.32. The number of anilines is 1. The smallest absolute Gasteiger partial charge is 0.227 e. The molecule has 37 heavy (non-hydrogen) atoms. The molecule has 0 saturated heterocycles. The third-order valence-electron chi connectivity index (χ3n) is 6.64. The summed E-state index contributed by atoms with van der Waals surface area (Å²) in [5.41, 5.74) is 11.5. The third kappa shape index (κ3) is 5.09. The highest BCUT2D eigenvalue weighted by molar-refractivity contribution is 7.15. The Bertz CT molecular complexity index is 1470. The number of amides is 1. The Hall–Kier alpha value is -3.33. The number of hydrogen-bond acceptors (Lipinski definition) is 6. The molecule has 3 heterocycles. The van der Waals surface area contributed by atoms with E-state index >= 15 is 0 Å². The Labute approximate surface area is 225 Å². The van der Waals surface area contributed by atoms with Crippen molar-refractivity contribution in [2.45, 2.75) is 46.1 Å². The standard InChI is InChI=1S/C28H29ClN6OS/c1-16-17(2)37-28-25(16)26(20-8-10-21(29)11-9-20)32-23(27-34-33-18(3)35(27)28)15-24(36)31-22-12-6-19(7-13-22)5-4-14-30/h6-13,23H,4-5,14-15,30H2,1-3H3,(H,31,36)/t23-/m0/s1. The molecule has 3 N–H and O–H groups in total. The fourth-order valence-corrected chi connectivity index (χ4v) is 5.92. The van der Waals surface area contributed by atoms with Crippen LogP contribution in [-0.2, 0) is 11.2 Å².